The Hall–Kier alpha value is -2.49. The van der Waals surface area contributed by atoms with Crippen molar-refractivity contribution in [1.29, 1.82) is 0 Å². The van der Waals surface area contributed by atoms with Crippen LogP contribution in [0.25, 0.3) is 0 Å². The Balaban J connectivity index is 1.78. The molecule has 0 bridgehead atoms. The van der Waals surface area contributed by atoms with E-state index in [2.05, 4.69) is 19.2 Å². The number of fused-ring (bicyclic) bond motifs is 1. The van der Waals surface area contributed by atoms with E-state index in [1.807, 2.05) is 62.4 Å². The second kappa shape index (κ2) is 8.68. The molecule has 0 saturated carbocycles. The molecule has 4 heteroatoms. The molecule has 1 N–H and O–H groups in total. The van der Waals surface area contributed by atoms with Crippen LogP contribution < -0.4 is 14.8 Å². The van der Waals surface area contributed by atoms with Gasteiger partial charge in [-0.3, -0.25) is 4.79 Å². The maximum atomic E-state index is 13.0. The van der Waals surface area contributed by atoms with E-state index < -0.39 is 6.10 Å². The van der Waals surface area contributed by atoms with E-state index in [1.165, 1.54) is 5.56 Å². The quantitative estimate of drug-likeness (QED) is 0.703. The van der Waals surface area contributed by atoms with Gasteiger partial charge < -0.3 is 14.8 Å². The summed E-state index contributed by atoms with van der Waals surface area (Å²) in [5.74, 6) is 1.51. The number of para-hydroxylation sites is 1. The predicted molar refractivity (Wildman–Crippen MR) is 112 cm³/mol. The van der Waals surface area contributed by atoms with Gasteiger partial charge in [0, 0.05) is 12.0 Å². The summed E-state index contributed by atoms with van der Waals surface area (Å²) in [6.07, 6.45) is 2.67. The van der Waals surface area contributed by atoms with E-state index in [0.717, 1.165) is 36.3 Å². The van der Waals surface area contributed by atoms with Gasteiger partial charge in [-0.2, -0.15) is 0 Å². The molecule has 0 aromatic heterocycles. The molecule has 1 aliphatic rings. The number of ether oxygens (including phenoxy) is 2. The predicted octanol–water partition coefficient (Wildman–Crippen LogP) is 5.35. The Morgan fingerprint density at radius 3 is 2.46 bits per heavy atom. The largest absolute Gasteiger partial charge is 0.487 e. The van der Waals surface area contributed by atoms with Gasteiger partial charge in [-0.15, -0.1) is 0 Å². The first-order chi connectivity index (χ1) is 13.5. The van der Waals surface area contributed by atoms with Crippen LogP contribution >= 0.6 is 0 Å². The smallest absolute Gasteiger partial charge is 0.261 e. The van der Waals surface area contributed by atoms with Gasteiger partial charge in [0.05, 0.1) is 6.04 Å². The molecule has 0 saturated heterocycles. The van der Waals surface area contributed by atoms with Gasteiger partial charge in [-0.05, 0) is 44.4 Å². The number of benzene rings is 2. The van der Waals surface area contributed by atoms with Crippen molar-refractivity contribution in [2.24, 2.45) is 0 Å². The second-order valence-corrected chi connectivity index (χ2v) is 7.62. The van der Waals surface area contributed by atoms with Crippen molar-refractivity contribution in [2.75, 3.05) is 0 Å². The number of amides is 1. The van der Waals surface area contributed by atoms with Gasteiger partial charge in [-0.25, -0.2) is 0 Å². The highest BCUT2D eigenvalue weighted by atomic mass is 16.5. The Labute approximate surface area is 168 Å². The van der Waals surface area contributed by atoms with Crippen LogP contribution in [0.15, 0.2) is 48.5 Å². The average molecular weight is 382 g/mol. The molecule has 0 spiro atoms. The van der Waals surface area contributed by atoms with E-state index >= 15 is 0 Å². The Morgan fingerprint density at radius 1 is 1.14 bits per heavy atom. The van der Waals surface area contributed by atoms with Crippen molar-refractivity contribution in [3.05, 3.63) is 59.7 Å². The van der Waals surface area contributed by atoms with Gasteiger partial charge >= 0.3 is 0 Å². The normalized spacial score (nSPS) is 18.5. The summed E-state index contributed by atoms with van der Waals surface area (Å²) >= 11 is 0. The molecule has 0 radical (unpaired) electrons. The summed E-state index contributed by atoms with van der Waals surface area (Å²) < 4.78 is 12.3. The topological polar surface area (TPSA) is 47.6 Å². The average Bonchev–Trinajstić information content (AvgIpc) is 2.73. The molecule has 28 heavy (non-hydrogen) atoms. The third-order valence-electron chi connectivity index (χ3n) is 5.76. The van der Waals surface area contributed by atoms with Gasteiger partial charge in [0.15, 0.2) is 6.10 Å². The molecule has 4 nitrogen and oxygen atoms in total. The highest BCUT2D eigenvalue weighted by Gasteiger charge is 2.39. The number of rotatable bonds is 7. The van der Waals surface area contributed by atoms with Crippen LogP contribution in [0, 0.1) is 6.92 Å². The summed E-state index contributed by atoms with van der Waals surface area (Å²) in [6, 6.07) is 15.7. The van der Waals surface area contributed by atoms with Crippen LogP contribution in [0.1, 0.15) is 63.6 Å². The first kappa shape index (κ1) is 20.2. The Bertz CT molecular complexity index is 796. The molecule has 0 fully saturated rings. The maximum absolute atomic E-state index is 13.0. The van der Waals surface area contributed by atoms with Crippen molar-refractivity contribution >= 4 is 5.91 Å². The van der Waals surface area contributed by atoms with Crippen LogP contribution in [0.2, 0.25) is 0 Å². The number of aryl methyl sites for hydroxylation is 1. The lowest BCUT2D eigenvalue weighted by Gasteiger charge is -2.42. The van der Waals surface area contributed by atoms with Crippen LogP contribution in [-0.4, -0.2) is 17.6 Å². The molecule has 0 aliphatic carbocycles. The summed E-state index contributed by atoms with van der Waals surface area (Å²) in [5, 5.41) is 3.24. The minimum absolute atomic E-state index is 0.0759. The van der Waals surface area contributed by atoms with E-state index in [-0.39, 0.29) is 17.6 Å². The molecule has 1 heterocycles. The Kier molecular flexibility index (Phi) is 6.28. The highest BCUT2D eigenvalue weighted by molar-refractivity contribution is 5.81. The number of nitrogens with one attached hydrogen (secondary N) is 1. The lowest BCUT2D eigenvalue weighted by Crippen LogP contribution is -2.47. The van der Waals surface area contributed by atoms with Crippen molar-refractivity contribution < 1.29 is 14.3 Å². The van der Waals surface area contributed by atoms with Gasteiger partial charge in [0.1, 0.15) is 17.1 Å². The fourth-order valence-corrected chi connectivity index (χ4v) is 3.80. The summed E-state index contributed by atoms with van der Waals surface area (Å²) in [7, 11) is 0. The zero-order valence-electron chi connectivity index (χ0n) is 17.3. The third kappa shape index (κ3) is 4.32. The highest BCUT2D eigenvalue weighted by Crippen LogP contribution is 2.42. The van der Waals surface area contributed by atoms with E-state index in [4.69, 9.17) is 9.47 Å². The molecule has 1 aliphatic heterocycles. The first-order valence-electron chi connectivity index (χ1n) is 10.3. The monoisotopic (exact) mass is 381 g/mol. The first-order valence-corrected chi connectivity index (χ1v) is 10.3. The summed E-state index contributed by atoms with van der Waals surface area (Å²) in [5.41, 5.74) is 1.96. The molecule has 0 unspecified atom stereocenters. The maximum Gasteiger partial charge on any atom is 0.261 e. The zero-order valence-corrected chi connectivity index (χ0v) is 17.3. The number of hydrogen-bond acceptors (Lipinski definition) is 3. The van der Waals surface area contributed by atoms with Crippen molar-refractivity contribution in [3.8, 4) is 11.5 Å². The fraction of sp³-hybridized carbons (Fsp3) is 0.458. The number of hydrogen-bond donors (Lipinski definition) is 1. The fourth-order valence-electron chi connectivity index (χ4n) is 3.80. The van der Waals surface area contributed by atoms with E-state index in [0.29, 0.717) is 6.42 Å². The van der Waals surface area contributed by atoms with Crippen molar-refractivity contribution in [3.63, 3.8) is 0 Å². The van der Waals surface area contributed by atoms with Crippen molar-refractivity contribution in [1.82, 2.24) is 5.32 Å². The molecule has 3 rings (SSSR count). The molecule has 2 aromatic rings. The molecule has 2 atom stereocenters. The molecule has 2 aromatic carbocycles. The molecule has 1 amide bonds. The minimum atomic E-state index is -0.518. The van der Waals surface area contributed by atoms with Crippen LogP contribution in [0.4, 0.5) is 0 Å². The zero-order chi connectivity index (χ0) is 20.1. The number of carbonyl (C=O) groups excluding carboxylic acids is 1. The van der Waals surface area contributed by atoms with E-state index in [9.17, 15) is 4.79 Å². The van der Waals surface area contributed by atoms with Gasteiger partial charge in [0.2, 0.25) is 0 Å². The Morgan fingerprint density at radius 2 is 1.82 bits per heavy atom. The van der Waals surface area contributed by atoms with Gasteiger partial charge in [-0.1, -0.05) is 56.7 Å². The lowest BCUT2D eigenvalue weighted by atomic mass is 9.83. The molecular formula is C24H31NO3. The van der Waals surface area contributed by atoms with E-state index in [1.54, 1.807) is 0 Å². The van der Waals surface area contributed by atoms with Crippen LogP contribution in [0.5, 0.6) is 11.5 Å². The van der Waals surface area contributed by atoms with Crippen molar-refractivity contribution in [2.45, 2.75) is 71.1 Å². The SMILES string of the molecule is CC[C@@H](Oc1ccc(C)cc1)C(=O)N[C@H]1CC(CC)(CC)Oc2ccccc21. The molecule has 150 valence electrons. The number of carbonyl (C=O) groups is 1. The minimum Gasteiger partial charge on any atom is -0.487 e. The summed E-state index contributed by atoms with van der Waals surface area (Å²) in [4.78, 5) is 13.0. The lowest BCUT2D eigenvalue weighted by molar-refractivity contribution is -0.129. The standard InChI is InChI=1S/C24H31NO3/c1-5-21(27-18-14-12-17(4)13-15-18)23(26)25-20-16-24(6-2,7-3)28-22-11-9-8-10-19(20)22/h8-15,20-21H,5-7,16H2,1-4H3,(H,25,26)/t20-,21+/m0/s1. The summed E-state index contributed by atoms with van der Waals surface area (Å²) in [6.45, 7) is 8.29. The molecular weight excluding hydrogens is 350 g/mol. The van der Waals surface area contributed by atoms with Gasteiger partial charge in [0.25, 0.3) is 5.91 Å². The van der Waals surface area contributed by atoms with Crippen LogP contribution in [0.3, 0.4) is 0 Å². The second-order valence-electron chi connectivity index (χ2n) is 7.62. The third-order valence-corrected chi connectivity index (χ3v) is 5.76. The van der Waals surface area contributed by atoms with Crippen LogP contribution in [-0.2, 0) is 4.79 Å².